The quantitative estimate of drug-likeness (QED) is 0.546. The van der Waals surface area contributed by atoms with Gasteiger partial charge < -0.3 is 9.80 Å². The fourth-order valence-corrected chi connectivity index (χ4v) is 6.03. The average Bonchev–Trinajstić information content (AvgIpc) is 3.21. The van der Waals surface area contributed by atoms with Crippen molar-refractivity contribution in [2.75, 3.05) is 31.1 Å². The molecule has 5 rings (SSSR count). The Bertz CT molecular complexity index is 1120. The molecule has 1 saturated heterocycles. The fraction of sp³-hybridized carbons (Fsp3) is 0.480. The summed E-state index contributed by atoms with van der Waals surface area (Å²) < 4.78 is 13.2. The zero-order valence-electron chi connectivity index (χ0n) is 18.6. The van der Waals surface area contributed by atoms with Gasteiger partial charge in [-0.05, 0) is 61.9 Å². The van der Waals surface area contributed by atoms with Gasteiger partial charge in [-0.15, -0.1) is 11.3 Å². The molecule has 0 spiro atoms. The van der Waals surface area contributed by atoms with Crippen LogP contribution in [0.3, 0.4) is 0 Å². The lowest BCUT2D eigenvalue weighted by Gasteiger charge is -2.36. The summed E-state index contributed by atoms with van der Waals surface area (Å²) in [6.45, 7) is 4.96. The standard InChI is InChI=1S/C25H29FN4OS/c1-2-3-8-21-27-23(22-19-6-4-5-7-20(19)32-24(22)28-21)29-13-15-30(16-14-29)25(31)17-9-11-18(26)12-10-17/h9-12H,2-8,13-16H2,1H3. The van der Waals surface area contributed by atoms with Gasteiger partial charge in [-0.2, -0.15) is 0 Å². The van der Waals surface area contributed by atoms with E-state index in [0.29, 0.717) is 18.7 Å². The van der Waals surface area contributed by atoms with E-state index in [1.807, 2.05) is 16.2 Å². The van der Waals surface area contributed by atoms with Crippen molar-refractivity contribution in [3.05, 3.63) is 51.9 Å². The third kappa shape index (κ3) is 4.10. The van der Waals surface area contributed by atoms with Crippen LogP contribution in [0.4, 0.5) is 10.2 Å². The first-order valence-corrected chi connectivity index (χ1v) is 12.6. The number of amides is 1. The predicted molar refractivity (Wildman–Crippen MR) is 127 cm³/mol. The molecule has 1 aromatic carbocycles. The van der Waals surface area contributed by atoms with E-state index in [1.54, 1.807) is 12.1 Å². The summed E-state index contributed by atoms with van der Waals surface area (Å²) in [5.41, 5.74) is 2.00. The number of unbranched alkanes of at least 4 members (excludes halogenated alkanes) is 1. The monoisotopic (exact) mass is 452 g/mol. The molecule has 5 nitrogen and oxygen atoms in total. The lowest BCUT2D eigenvalue weighted by Crippen LogP contribution is -2.49. The van der Waals surface area contributed by atoms with E-state index < -0.39 is 0 Å². The summed E-state index contributed by atoms with van der Waals surface area (Å²) in [7, 11) is 0. The van der Waals surface area contributed by atoms with Crippen LogP contribution in [0, 0.1) is 5.82 Å². The lowest BCUT2D eigenvalue weighted by atomic mass is 9.96. The van der Waals surface area contributed by atoms with E-state index in [4.69, 9.17) is 9.97 Å². The summed E-state index contributed by atoms with van der Waals surface area (Å²) in [5, 5.41) is 1.25. The first kappa shape index (κ1) is 21.3. The van der Waals surface area contributed by atoms with Crippen molar-refractivity contribution in [2.24, 2.45) is 0 Å². The van der Waals surface area contributed by atoms with E-state index in [2.05, 4.69) is 11.8 Å². The number of hydrogen-bond acceptors (Lipinski definition) is 5. The average molecular weight is 453 g/mol. The Balaban J connectivity index is 1.41. The second-order valence-corrected chi connectivity index (χ2v) is 9.83. The number of carbonyl (C=O) groups is 1. The number of carbonyl (C=O) groups excluding carboxylic acids is 1. The van der Waals surface area contributed by atoms with Crippen LogP contribution in [0.25, 0.3) is 10.2 Å². The van der Waals surface area contributed by atoms with Gasteiger partial charge in [0.05, 0.1) is 5.39 Å². The van der Waals surface area contributed by atoms with Gasteiger partial charge in [-0.3, -0.25) is 4.79 Å². The molecule has 0 unspecified atom stereocenters. The van der Waals surface area contributed by atoms with Crippen LogP contribution >= 0.6 is 11.3 Å². The van der Waals surface area contributed by atoms with Crippen LogP contribution in [0.5, 0.6) is 0 Å². The van der Waals surface area contributed by atoms with Crippen molar-refractivity contribution in [3.8, 4) is 0 Å². The second kappa shape index (κ2) is 9.14. The van der Waals surface area contributed by atoms with Gasteiger partial charge in [0.15, 0.2) is 0 Å². The molecule has 32 heavy (non-hydrogen) atoms. The van der Waals surface area contributed by atoms with Crippen LogP contribution in [-0.2, 0) is 19.3 Å². The maximum absolute atomic E-state index is 13.2. The van der Waals surface area contributed by atoms with E-state index in [-0.39, 0.29) is 11.7 Å². The Morgan fingerprint density at radius 1 is 1.06 bits per heavy atom. The number of halogens is 1. The number of nitrogens with zero attached hydrogens (tertiary/aromatic N) is 4. The molecular weight excluding hydrogens is 423 g/mol. The number of hydrogen-bond donors (Lipinski definition) is 0. The number of aryl methyl sites for hydroxylation is 3. The van der Waals surface area contributed by atoms with Crippen molar-refractivity contribution in [1.29, 1.82) is 0 Å². The fourth-order valence-electron chi connectivity index (χ4n) is 4.75. The largest absolute Gasteiger partial charge is 0.352 e. The highest BCUT2D eigenvalue weighted by molar-refractivity contribution is 7.19. The van der Waals surface area contributed by atoms with Gasteiger partial charge in [-0.25, -0.2) is 14.4 Å². The molecule has 1 amide bonds. The zero-order chi connectivity index (χ0) is 22.1. The number of rotatable bonds is 5. The van der Waals surface area contributed by atoms with Crippen molar-refractivity contribution in [3.63, 3.8) is 0 Å². The minimum atomic E-state index is -0.322. The summed E-state index contributed by atoms with van der Waals surface area (Å²) in [4.78, 5) is 29.7. The maximum atomic E-state index is 13.2. The van der Waals surface area contributed by atoms with Gasteiger partial charge in [0.1, 0.15) is 22.3 Å². The Labute approximate surface area is 192 Å². The minimum Gasteiger partial charge on any atom is -0.352 e. The number of piperazine rings is 1. The Morgan fingerprint density at radius 3 is 2.56 bits per heavy atom. The smallest absolute Gasteiger partial charge is 0.253 e. The van der Waals surface area contributed by atoms with Crippen molar-refractivity contribution < 1.29 is 9.18 Å². The number of benzene rings is 1. The number of fused-ring (bicyclic) bond motifs is 3. The molecular formula is C25H29FN4OS. The molecule has 0 bridgehead atoms. The van der Waals surface area contributed by atoms with E-state index in [0.717, 1.165) is 61.7 Å². The van der Waals surface area contributed by atoms with Crippen molar-refractivity contribution in [2.45, 2.75) is 51.9 Å². The first-order chi connectivity index (χ1) is 15.6. The highest BCUT2D eigenvalue weighted by Gasteiger charge is 2.27. The Kier molecular flexibility index (Phi) is 6.09. The van der Waals surface area contributed by atoms with Crippen LogP contribution in [-0.4, -0.2) is 47.0 Å². The van der Waals surface area contributed by atoms with E-state index >= 15 is 0 Å². The SMILES string of the molecule is CCCCc1nc(N2CCN(C(=O)c3ccc(F)cc3)CC2)c2c3c(sc2n1)CCCC3. The molecule has 168 valence electrons. The van der Waals surface area contributed by atoms with Crippen molar-refractivity contribution >= 4 is 33.3 Å². The number of thiophene rings is 1. The van der Waals surface area contributed by atoms with Gasteiger partial charge in [0.2, 0.25) is 0 Å². The van der Waals surface area contributed by atoms with Crippen LogP contribution in [0.2, 0.25) is 0 Å². The molecule has 1 fully saturated rings. The molecule has 2 aliphatic rings. The Hall–Kier alpha value is -2.54. The predicted octanol–water partition coefficient (Wildman–Crippen LogP) is 5.01. The first-order valence-electron chi connectivity index (χ1n) is 11.7. The molecule has 1 aliphatic carbocycles. The molecule has 1 aliphatic heterocycles. The molecule has 3 heterocycles. The molecule has 0 atom stereocenters. The topological polar surface area (TPSA) is 49.3 Å². The van der Waals surface area contributed by atoms with Crippen molar-refractivity contribution in [1.82, 2.24) is 14.9 Å². The summed E-state index contributed by atoms with van der Waals surface area (Å²) in [5.74, 6) is 1.65. The summed E-state index contributed by atoms with van der Waals surface area (Å²) in [6.07, 6.45) is 7.89. The normalized spacial score (nSPS) is 16.4. The third-order valence-electron chi connectivity index (χ3n) is 6.55. The van der Waals surface area contributed by atoms with E-state index in [1.165, 1.54) is 40.8 Å². The third-order valence-corrected chi connectivity index (χ3v) is 7.74. The molecule has 0 N–H and O–H groups in total. The van der Waals surface area contributed by atoms with Gasteiger partial charge in [0.25, 0.3) is 5.91 Å². The molecule has 0 saturated carbocycles. The van der Waals surface area contributed by atoms with E-state index in [9.17, 15) is 9.18 Å². The van der Waals surface area contributed by atoms with Crippen LogP contribution in [0.1, 0.15) is 59.2 Å². The highest BCUT2D eigenvalue weighted by atomic mass is 32.1. The van der Waals surface area contributed by atoms with Gasteiger partial charge in [0, 0.05) is 43.0 Å². The minimum absolute atomic E-state index is 0.0333. The Morgan fingerprint density at radius 2 is 1.81 bits per heavy atom. The highest BCUT2D eigenvalue weighted by Crippen LogP contribution is 2.40. The van der Waals surface area contributed by atoms with Crippen LogP contribution < -0.4 is 4.90 Å². The summed E-state index contributed by atoms with van der Waals surface area (Å²) in [6, 6.07) is 5.82. The molecule has 3 aromatic rings. The van der Waals surface area contributed by atoms with Crippen LogP contribution in [0.15, 0.2) is 24.3 Å². The molecule has 0 radical (unpaired) electrons. The lowest BCUT2D eigenvalue weighted by molar-refractivity contribution is 0.0746. The van der Waals surface area contributed by atoms with Gasteiger partial charge >= 0.3 is 0 Å². The molecule has 2 aromatic heterocycles. The second-order valence-electron chi connectivity index (χ2n) is 8.74. The number of aromatic nitrogens is 2. The molecule has 7 heteroatoms. The van der Waals surface area contributed by atoms with Gasteiger partial charge in [-0.1, -0.05) is 13.3 Å². The summed E-state index contributed by atoms with van der Waals surface area (Å²) >= 11 is 1.86. The number of anilines is 1. The maximum Gasteiger partial charge on any atom is 0.253 e. The zero-order valence-corrected chi connectivity index (χ0v) is 19.4.